The van der Waals surface area contributed by atoms with Gasteiger partial charge in [-0.25, -0.2) is 9.37 Å². The van der Waals surface area contributed by atoms with Crippen molar-refractivity contribution in [1.29, 1.82) is 0 Å². The topological polar surface area (TPSA) is 76.5 Å². The summed E-state index contributed by atoms with van der Waals surface area (Å²) >= 11 is 0. The molecule has 0 radical (unpaired) electrons. The normalized spacial score (nSPS) is 14.1. The number of carboxylic acid groups (broad SMARTS) is 1. The minimum Gasteiger partial charge on any atom is -0.480 e. The summed E-state index contributed by atoms with van der Waals surface area (Å²) in [7, 11) is -1.13. The number of para-hydroxylation sites is 1. The number of terminal acetylenes is 1. The van der Waals surface area contributed by atoms with Gasteiger partial charge in [-0.05, 0) is 48.2 Å². The Hall–Kier alpha value is -3.00. The number of rotatable bonds is 8. The Kier molecular flexibility index (Phi) is 7.13. The number of hydrogen-bond donors (Lipinski definition) is 1. The molecule has 0 saturated heterocycles. The number of nitrogens with zero attached hydrogens (tertiary/aromatic N) is 1. The molecule has 2 atom stereocenters. The lowest BCUT2D eigenvalue weighted by atomic mass is 9.72. The standard InChI is InChI=1S/C25H25FNO4P/c1-5-25(24(28)29,14-15-32(30)31-4)22-21(16(2)3)19-8-6-7-9-20(19)27-23(22)17-10-12-18(26)13-11-17/h1,6-13,16,32H,14-15H2,2-4H3,(H,28,29). The van der Waals surface area contributed by atoms with Crippen molar-refractivity contribution in [3.63, 3.8) is 0 Å². The fourth-order valence-corrected chi connectivity index (χ4v) is 4.81. The highest BCUT2D eigenvalue weighted by atomic mass is 31.1. The van der Waals surface area contributed by atoms with Crippen LogP contribution in [0.3, 0.4) is 0 Å². The lowest BCUT2D eigenvalue weighted by Gasteiger charge is -2.31. The van der Waals surface area contributed by atoms with E-state index in [1.165, 1.54) is 19.2 Å². The largest absolute Gasteiger partial charge is 0.480 e. The molecule has 2 aromatic carbocycles. The average Bonchev–Trinajstić information content (AvgIpc) is 2.78. The van der Waals surface area contributed by atoms with E-state index in [4.69, 9.17) is 15.9 Å². The van der Waals surface area contributed by atoms with Crippen molar-refractivity contribution in [2.75, 3.05) is 13.3 Å². The zero-order valence-corrected chi connectivity index (χ0v) is 19.2. The van der Waals surface area contributed by atoms with E-state index < -0.39 is 25.2 Å². The number of fused-ring (bicyclic) bond motifs is 1. The Morgan fingerprint density at radius 2 is 1.91 bits per heavy atom. The Morgan fingerprint density at radius 3 is 2.47 bits per heavy atom. The smallest absolute Gasteiger partial charge is 0.326 e. The van der Waals surface area contributed by atoms with Crippen LogP contribution in [0.1, 0.15) is 37.3 Å². The van der Waals surface area contributed by atoms with E-state index in [0.29, 0.717) is 22.3 Å². The van der Waals surface area contributed by atoms with E-state index >= 15 is 0 Å². The van der Waals surface area contributed by atoms with Crippen molar-refractivity contribution < 1.29 is 23.4 Å². The number of pyridine rings is 1. The minimum atomic E-state index is -2.45. The molecule has 0 aliphatic rings. The molecule has 0 spiro atoms. The molecule has 0 aliphatic heterocycles. The Morgan fingerprint density at radius 1 is 1.25 bits per heavy atom. The van der Waals surface area contributed by atoms with Gasteiger partial charge in [0.25, 0.3) is 0 Å². The second kappa shape index (κ2) is 9.65. The highest BCUT2D eigenvalue weighted by Gasteiger charge is 2.44. The molecule has 0 saturated carbocycles. The molecule has 1 aromatic heterocycles. The lowest BCUT2D eigenvalue weighted by molar-refractivity contribution is -0.141. The summed E-state index contributed by atoms with van der Waals surface area (Å²) in [5.74, 6) is 0.762. The van der Waals surface area contributed by atoms with Gasteiger partial charge in [-0.1, -0.05) is 38.0 Å². The molecule has 0 aliphatic carbocycles. The third kappa shape index (κ3) is 4.32. The van der Waals surface area contributed by atoms with Gasteiger partial charge in [0.05, 0.1) is 11.2 Å². The number of hydrogen-bond acceptors (Lipinski definition) is 4. The highest BCUT2D eigenvalue weighted by molar-refractivity contribution is 7.39. The minimum absolute atomic E-state index is 0.00485. The average molecular weight is 453 g/mol. The first kappa shape index (κ1) is 23.7. The van der Waals surface area contributed by atoms with Gasteiger partial charge >= 0.3 is 5.97 Å². The number of carboxylic acids is 1. The Bertz CT molecular complexity index is 1220. The fourth-order valence-electron chi connectivity index (χ4n) is 4.02. The molecule has 166 valence electrons. The van der Waals surface area contributed by atoms with Crippen molar-refractivity contribution in [3.8, 4) is 23.6 Å². The predicted octanol–water partition coefficient (Wildman–Crippen LogP) is 5.63. The highest BCUT2D eigenvalue weighted by Crippen LogP contribution is 2.44. The van der Waals surface area contributed by atoms with Crippen molar-refractivity contribution in [2.24, 2.45) is 0 Å². The van der Waals surface area contributed by atoms with Crippen molar-refractivity contribution >= 4 is 24.9 Å². The summed E-state index contributed by atoms with van der Waals surface area (Å²) in [6.45, 7) is 3.92. The van der Waals surface area contributed by atoms with Crippen LogP contribution in [0.15, 0.2) is 48.5 Å². The summed E-state index contributed by atoms with van der Waals surface area (Å²) in [6, 6.07) is 13.2. The van der Waals surface area contributed by atoms with Crippen LogP contribution < -0.4 is 0 Å². The monoisotopic (exact) mass is 453 g/mol. The van der Waals surface area contributed by atoms with E-state index in [9.17, 15) is 18.9 Å². The van der Waals surface area contributed by atoms with Gasteiger partial charge in [0.1, 0.15) is 5.82 Å². The second-order valence-corrected chi connectivity index (χ2v) is 9.51. The van der Waals surface area contributed by atoms with E-state index in [0.717, 1.165) is 10.9 Å². The van der Waals surface area contributed by atoms with Crippen LogP contribution in [0, 0.1) is 18.2 Å². The number of carbonyl (C=O) groups is 1. The van der Waals surface area contributed by atoms with Crippen LogP contribution in [0.5, 0.6) is 0 Å². The van der Waals surface area contributed by atoms with E-state index in [-0.39, 0.29) is 18.5 Å². The molecule has 32 heavy (non-hydrogen) atoms. The van der Waals surface area contributed by atoms with Gasteiger partial charge in [-0.15, -0.1) is 6.42 Å². The van der Waals surface area contributed by atoms with Gasteiger partial charge in [0, 0.05) is 29.8 Å². The Balaban J connectivity index is 2.47. The molecule has 1 heterocycles. The molecular formula is C25H25FNO4P. The van der Waals surface area contributed by atoms with E-state index in [2.05, 4.69) is 5.92 Å². The number of aromatic nitrogens is 1. The van der Waals surface area contributed by atoms with Gasteiger partial charge in [0.15, 0.2) is 13.4 Å². The molecule has 3 aromatic rings. The maximum absolute atomic E-state index is 13.6. The molecule has 2 unspecified atom stereocenters. The summed E-state index contributed by atoms with van der Waals surface area (Å²) in [6.07, 6.45) is 5.82. The van der Waals surface area contributed by atoms with Crippen LogP contribution in [0.2, 0.25) is 0 Å². The number of benzene rings is 2. The molecule has 5 nitrogen and oxygen atoms in total. The van der Waals surface area contributed by atoms with Gasteiger partial charge in [-0.3, -0.25) is 9.36 Å². The number of aliphatic carboxylic acids is 1. The summed E-state index contributed by atoms with van der Waals surface area (Å²) in [4.78, 5) is 17.5. The predicted molar refractivity (Wildman–Crippen MR) is 125 cm³/mol. The molecule has 7 heteroatoms. The number of halogens is 1. The quantitative estimate of drug-likeness (QED) is 0.353. The van der Waals surface area contributed by atoms with Crippen molar-refractivity contribution in [1.82, 2.24) is 4.98 Å². The first-order chi connectivity index (χ1) is 15.2. The van der Waals surface area contributed by atoms with E-state index in [1.807, 2.05) is 38.1 Å². The Labute approximate surface area is 187 Å². The molecule has 0 fully saturated rings. The summed E-state index contributed by atoms with van der Waals surface area (Å²) < 4.78 is 30.7. The maximum atomic E-state index is 13.6. The molecule has 0 bridgehead atoms. The fraction of sp³-hybridized carbons (Fsp3) is 0.280. The second-order valence-electron chi connectivity index (χ2n) is 7.86. The van der Waals surface area contributed by atoms with Crippen LogP contribution in [-0.2, 0) is 19.3 Å². The van der Waals surface area contributed by atoms with Crippen LogP contribution in [-0.4, -0.2) is 29.3 Å². The van der Waals surface area contributed by atoms with Gasteiger partial charge in [0.2, 0.25) is 0 Å². The van der Waals surface area contributed by atoms with Gasteiger partial charge in [-0.2, -0.15) is 0 Å². The third-order valence-corrected chi connectivity index (χ3v) is 6.71. The molecular weight excluding hydrogens is 428 g/mol. The summed E-state index contributed by atoms with van der Waals surface area (Å²) in [5, 5.41) is 11.2. The van der Waals surface area contributed by atoms with Crippen LogP contribution in [0.25, 0.3) is 22.2 Å². The molecule has 1 N–H and O–H groups in total. The first-order valence-electron chi connectivity index (χ1n) is 10.2. The third-order valence-electron chi connectivity index (χ3n) is 5.60. The van der Waals surface area contributed by atoms with Crippen molar-refractivity contribution in [2.45, 2.75) is 31.6 Å². The van der Waals surface area contributed by atoms with Gasteiger partial charge < -0.3 is 9.63 Å². The first-order valence-corrected chi connectivity index (χ1v) is 11.7. The maximum Gasteiger partial charge on any atom is 0.326 e. The zero-order chi connectivity index (χ0) is 23.5. The zero-order valence-electron chi connectivity index (χ0n) is 18.2. The van der Waals surface area contributed by atoms with Crippen LogP contribution in [0.4, 0.5) is 4.39 Å². The summed E-state index contributed by atoms with van der Waals surface area (Å²) in [5.41, 5.74) is 0.949. The lowest BCUT2D eigenvalue weighted by Crippen LogP contribution is -2.37. The van der Waals surface area contributed by atoms with Crippen molar-refractivity contribution in [3.05, 3.63) is 65.5 Å². The SMILES string of the molecule is C#CC(CC[PH](=O)OC)(C(=O)O)c1c(-c2ccc(F)cc2)nc2ccccc2c1C(C)C. The molecule has 0 amide bonds. The van der Waals surface area contributed by atoms with E-state index in [1.54, 1.807) is 12.1 Å². The van der Waals surface area contributed by atoms with Crippen LogP contribution >= 0.6 is 8.03 Å². The molecule has 3 rings (SSSR count).